The second kappa shape index (κ2) is 8.61. The number of benzene rings is 2. The van der Waals surface area contributed by atoms with E-state index in [1.165, 1.54) is 28.6 Å². The van der Waals surface area contributed by atoms with Gasteiger partial charge in [-0.25, -0.2) is 12.8 Å². The molecule has 1 N–H and O–H groups in total. The van der Waals surface area contributed by atoms with E-state index in [9.17, 15) is 17.6 Å². The van der Waals surface area contributed by atoms with E-state index in [2.05, 4.69) is 5.32 Å². The summed E-state index contributed by atoms with van der Waals surface area (Å²) >= 11 is 0. The van der Waals surface area contributed by atoms with E-state index >= 15 is 0 Å². The summed E-state index contributed by atoms with van der Waals surface area (Å²) in [6, 6.07) is 10.6. The number of aryl methyl sites for hydroxylation is 2. The summed E-state index contributed by atoms with van der Waals surface area (Å²) in [5.74, 6) is -0.570. The van der Waals surface area contributed by atoms with Crippen molar-refractivity contribution in [1.82, 2.24) is 9.21 Å². The van der Waals surface area contributed by atoms with Gasteiger partial charge in [0.15, 0.2) is 0 Å². The highest BCUT2D eigenvalue weighted by atomic mass is 32.2. The summed E-state index contributed by atoms with van der Waals surface area (Å²) < 4.78 is 40.6. The molecule has 0 aliphatic carbocycles. The van der Waals surface area contributed by atoms with Crippen LogP contribution in [0.5, 0.6) is 0 Å². The van der Waals surface area contributed by atoms with Crippen LogP contribution < -0.4 is 5.32 Å². The van der Waals surface area contributed by atoms with E-state index in [4.69, 9.17) is 0 Å². The van der Waals surface area contributed by atoms with Gasteiger partial charge in [0.25, 0.3) is 0 Å². The van der Waals surface area contributed by atoms with Crippen LogP contribution in [-0.2, 0) is 14.8 Å². The normalized spacial score (nSPS) is 17.1. The molecule has 2 aromatic carbocycles. The number of nitrogens with one attached hydrogen (secondary N) is 1. The molecule has 0 spiro atoms. The standard InChI is InChI=1S/C21H26FN3O3S/c1-15-4-5-16(2)20(14-15)29(27,28)25-12-10-24(11-13-25)17(3)21(26)23-19-8-6-18(22)7-9-19/h4-9,14,17H,10-13H2,1-3H3,(H,23,26)/t17-/m1/s1. The van der Waals surface area contributed by atoms with Gasteiger partial charge in [-0.2, -0.15) is 4.31 Å². The third kappa shape index (κ3) is 4.83. The largest absolute Gasteiger partial charge is 0.325 e. The van der Waals surface area contributed by atoms with Crippen LogP contribution in [-0.4, -0.2) is 55.8 Å². The molecule has 1 atom stereocenters. The molecule has 1 amide bonds. The molecule has 8 heteroatoms. The monoisotopic (exact) mass is 419 g/mol. The number of halogens is 1. The van der Waals surface area contributed by atoms with Crippen LogP contribution in [0.3, 0.4) is 0 Å². The lowest BCUT2D eigenvalue weighted by molar-refractivity contribution is -0.121. The summed E-state index contributed by atoms with van der Waals surface area (Å²) in [6.07, 6.45) is 0. The van der Waals surface area contributed by atoms with Crippen molar-refractivity contribution in [3.8, 4) is 0 Å². The van der Waals surface area contributed by atoms with Crippen molar-refractivity contribution < 1.29 is 17.6 Å². The average molecular weight is 420 g/mol. The van der Waals surface area contributed by atoms with Crippen LogP contribution in [0.25, 0.3) is 0 Å². The van der Waals surface area contributed by atoms with Crippen molar-refractivity contribution in [2.75, 3.05) is 31.5 Å². The molecule has 1 fully saturated rings. The summed E-state index contributed by atoms with van der Waals surface area (Å²) in [5.41, 5.74) is 2.16. The van der Waals surface area contributed by atoms with Gasteiger partial charge in [-0.3, -0.25) is 9.69 Å². The van der Waals surface area contributed by atoms with Crippen LogP contribution >= 0.6 is 0 Å². The summed E-state index contributed by atoms with van der Waals surface area (Å²) in [4.78, 5) is 14.8. The molecule has 0 unspecified atom stereocenters. The van der Waals surface area contributed by atoms with Crippen molar-refractivity contribution in [1.29, 1.82) is 0 Å². The van der Waals surface area contributed by atoms with Crippen molar-refractivity contribution >= 4 is 21.6 Å². The first-order chi connectivity index (χ1) is 13.7. The molecular weight excluding hydrogens is 393 g/mol. The van der Waals surface area contributed by atoms with Gasteiger partial charge in [-0.1, -0.05) is 12.1 Å². The number of amides is 1. The van der Waals surface area contributed by atoms with Gasteiger partial charge in [0, 0.05) is 31.9 Å². The lowest BCUT2D eigenvalue weighted by Gasteiger charge is -2.37. The number of sulfonamides is 1. The zero-order valence-corrected chi connectivity index (χ0v) is 17.7. The number of carbonyl (C=O) groups is 1. The van der Waals surface area contributed by atoms with Crippen LogP contribution in [0.15, 0.2) is 47.4 Å². The Morgan fingerprint density at radius 2 is 1.66 bits per heavy atom. The van der Waals surface area contributed by atoms with Crippen molar-refractivity contribution in [2.45, 2.75) is 31.7 Å². The Balaban J connectivity index is 1.62. The van der Waals surface area contributed by atoms with Crippen LogP contribution in [0, 0.1) is 19.7 Å². The fourth-order valence-electron chi connectivity index (χ4n) is 3.40. The summed E-state index contributed by atoms with van der Waals surface area (Å²) in [6.45, 7) is 7.02. The van der Waals surface area contributed by atoms with E-state index in [-0.39, 0.29) is 11.7 Å². The number of nitrogens with zero attached hydrogens (tertiary/aromatic N) is 2. The van der Waals surface area contributed by atoms with E-state index in [1.807, 2.05) is 24.0 Å². The Hall–Kier alpha value is -2.29. The minimum Gasteiger partial charge on any atom is -0.325 e. The Morgan fingerprint density at radius 3 is 2.28 bits per heavy atom. The van der Waals surface area contributed by atoms with Crippen molar-refractivity contribution in [2.24, 2.45) is 0 Å². The second-order valence-electron chi connectivity index (χ2n) is 7.38. The topological polar surface area (TPSA) is 69.7 Å². The molecule has 0 aromatic heterocycles. The Labute approximate surface area is 171 Å². The predicted molar refractivity (Wildman–Crippen MR) is 111 cm³/mol. The maximum atomic E-state index is 13.0. The Bertz CT molecular complexity index is 985. The zero-order chi connectivity index (χ0) is 21.2. The zero-order valence-electron chi connectivity index (χ0n) is 16.9. The minimum atomic E-state index is -3.57. The summed E-state index contributed by atoms with van der Waals surface area (Å²) in [5, 5.41) is 2.77. The van der Waals surface area contributed by atoms with Gasteiger partial charge >= 0.3 is 0 Å². The molecule has 6 nitrogen and oxygen atoms in total. The molecule has 29 heavy (non-hydrogen) atoms. The van der Waals surface area contributed by atoms with Crippen LogP contribution in [0.2, 0.25) is 0 Å². The number of hydrogen-bond acceptors (Lipinski definition) is 4. The second-order valence-corrected chi connectivity index (χ2v) is 9.29. The molecule has 1 aliphatic rings. The fraction of sp³-hybridized carbons (Fsp3) is 0.381. The van der Waals surface area contributed by atoms with E-state index in [1.54, 1.807) is 19.9 Å². The maximum Gasteiger partial charge on any atom is 0.243 e. The highest BCUT2D eigenvalue weighted by Crippen LogP contribution is 2.23. The number of piperazine rings is 1. The maximum absolute atomic E-state index is 13.0. The first-order valence-corrected chi connectivity index (χ1v) is 11.0. The third-order valence-electron chi connectivity index (χ3n) is 5.27. The molecule has 1 heterocycles. The van der Waals surface area contributed by atoms with Crippen molar-refractivity contribution in [3.05, 3.63) is 59.4 Å². The van der Waals surface area contributed by atoms with Gasteiger partial charge in [-0.05, 0) is 62.2 Å². The van der Waals surface area contributed by atoms with Gasteiger partial charge in [0.1, 0.15) is 5.82 Å². The van der Waals surface area contributed by atoms with Gasteiger partial charge in [-0.15, -0.1) is 0 Å². The molecule has 1 saturated heterocycles. The molecule has 3 rings (SSSR count). The Morgan fingerprint density at radius 1 is 1.03 bits per heavy atom. The number of anilines is 1. The summed E-state index contributed by atoms with van der Waals surface area (Å²) in [7, 11) is -3.57. The Kier molecular flexibility index (Phi) is 6.36. The molecular formula is C21H26FN3O3S. The lowest BCUT2D eigenvalue weighted by Crippen LogP contribution is -2.54. The number of carbonyl (C=O) groups excluding carboxylic acids is 1. The number of rotatable bonds is 5. The first kappa shape index (κ1) is 21.4. The lowest BCUT2D eigenvalue weighted by atomic mass is 10.2. The smallest absolute Gasteiger partial charge is 0.243 e. The minimum absolute atomic E-state index is 0.206. The van der Waals surface area contributed by atoms with Crippen molar-refractivity contribution in [3.63, 3.8) is 0 Å². The van der Waals surface area contributed by atoms with Crippen LogP contribution in [0.4, 0.5) is 10.1 Å². The van der Waals surface area contributed by atoms with Gasteiger partial charge in [0.05, 0.1) is 10.9 Å². The molecule has 0 bridgehead atoms. The van der Waals surface area contributed by atoms with E-state index in [0.717, 1.165) is 11.1 Å². The molecule has 2 aromatic rings. The molecule has 0 saturated carbocycles. The van der Waals surface area contributed by atoms with E-state index in [0.29, 0.717) is 36.8 Å². The van der Waals surface area contributed by atoms with Gasteiger partial charge in [0.2, 0.25) is 15.9 Å². The predicted octanol–water partition coefficient (Wildman–Crippen LogP) is 2.78. The highest BCUT2D eigenvalue weighted by Gasteiger charge is 2.32. The van der Waals surface area contributed by atoms with Gasteiger partial charge < -0.3 is 5.32 Å². The highest BCUT2D eigenvalue weighted by molar-refractivity contribution is 7.89. The van der Waals surface area contributed by atoms with Crippen LogP contribution in [0.1, 0.15) is 18.1 Å². The molecule has 0 radical (unpaired) electrons. The first-order valence-electron chi connectivity index (χ1n) is 9.56. The average Bonchev–Trinajstić information content (AvgIpc) is 2.71. The third-order valence-corrected chi connectivity index (χ3v) is 7.31. The fourth-order valence-corrected chi connectivity index (χ4v) is 5.13. The quantitative estimate of drug-likeness (QED) is 0.809. The number of hydrogen-bond donors (Lipinski definition) is 1. The molecule has 156 valence electrons. The molecule has 1 aliphatic heterocycles. The van der Waals surface area contributed by atoms with E-state index < -0.39 is 16.1 Å². The SMILES string of the molecule is Cc1ccc(C)c(S(=O)(=O)N2CCN([C@H](C)C(=O)Nc3ccc(F)cc3)CC2)c1.